The van der Waals surface area contributed by atoms with E-state index in [1.807, 2.05) is 55.5 Å². The van der Waals surface area contributed by atoms with Gasteiger partial charge in [-0.25, -0.2) is 9.48 Å². The van der Waals surface area contributed by atoms with Crippen LogP contribution in [0.4, 0.5) is 5.69 Å². The third-order valence-electron chi connectivity index (χ3n) is 6.70. The minimum absolute atomic E-state index is 0.0315. The number of anilines is 1. The van der Waals surface area contributed by atoms with E-state index in [2.05, 4.69) is 6.58 Å². The van der Waals surface area contributed by atoms with Gasteiger partial charge in [-0.15, -0.1) is 0 Å². The summed E-state index contributed by atoms with van der Waals surface area (Å²) in [6, 6.07) is 25.3. The molecule has 0 bridgehead atoms. The van der Waals surface area contributed by atoms with Crippen molar-refractivity contribution in [3.05, 3.63) is 108 Å². The monoisotopic (exact) mass is 492 g/mol. The number of rotatable bonds is 7. The molecule has 7 nitrogen and oxygen atoms in total. The lowest BCUT2D eigenvalue weighted by molar-refractivity contribution is -0.269. The van der Waals surface area contributed by atoms with Crippen molar-refractivity contribution in [2.75, 3.05) is 18.1 Å². The fourth-order valence-corrected chi connectivity index (χ4v) is 5.08. The zero-order chi connectivity index (χ0) is 26.2. The van der Waals surface area contributed by atoms with Crippen molar-refractivity contribution in [3.63, 3.8) is 0 Å². The molecule has 1 amide bonds. The summed E-state index contributed by atoms with van der Waals surface area (Å²) < 4.78 is 6.81. The van der Waals surface area contributed by atoms with Crippen molar-refractivity contribution in [3.8, 4) is 22.7 Å². The zero-order valence-electron chi connectivity index (χ0n) is 20.7. The van der Waals surface area contributed by atoms with Gasteiger partial charge in [-0.3, -0.25) is 4.79 Å². The van der Waals surface area contributed by atoms with Crippen LogP contribution in [0.2, 0.25) is 0 Å². The van der Waals surface area contributed by atoms with Gasteiger partial charge in [-0.1, -0.05) is 79.1 Å². The van der Waals surface area contributed by atoms with E-state index in [1.165, 1.54) is 4.68 Å². The normalized spacial score (nSPS) is 16.5. The number of esters is 1. The molecule has 1 aliphatic heterocycles. The summed E-state index contributed by atoms with van der Waals surface area (Å²) in [6.07, 6.45) is 0. The first-order chi connectivity index (χ1) is 18.0. The van der Waals surface area contributed by atoms with E-state index < -0.39 is 23.0 Å². The maximum absolute atomic E-state index is 14.4. The zero-order valence-corrected chi connectivity index (χ0v) is 20.7. The molecular formula is C30H26N3O4-. The molecule has 37 heavy (non-hydrogen) atoms. The number of hydrogen-bond donors (Lipinski definition) is 0. The Bertz CT molecular complexity index is 1490. The van der Waals surface area contributed by atoms with Crippen molar-refractivity contribution in [1.29, 1.82) is 0 Å². The molecule has 1 aliphatic rings. The maximum atomic E-state index is 14.4. The van der Waals surface area contributed by atoms with Crippen LogP contribution in [0.5, 0.6) is 5.75 Å². The molecule has 0 N–H and O–H groups in total. The molecule has 5 rings (SSSR count). The molecule has 0 saturated carbocycles. The Morgan fingerprint density at radius 1 is 0.973 bits per heavy atom. The number of nitrogens with zero attached hydrogens (tertiary/aromatic N) is 3. The van der Waals surface area contributed by atoms with Gasteiger partial charge in [0.15, 0.2) is 0 Å². The average molecular weight is 493 g/mol. The van der Waals surface area contributed by atoms with Gasteiger partial charge in [0.1, 0.15) is 5.41 Å². The number of carbonyl (C=O) groups excluding carboxylic acids is 2. The number of para-hydroxylation sites is 2. The Kier molecular flexibility index (Phi) is 6.13. The summed E-state index contributed by atoms with van der Waals surface area (Å²) in [7, 11) is 0. The number of aromatic nitrogens is 2. The number of ether oxygens (including phenoxy) is 1. The number of hydrogen-bond acceptors (Lipinski definition) is 5. The lowest BCUT2D eigenvalue weighted by Crippen LogP contribution is -2.46. The Labute approximate surface area is 215 Å². The Balaban J connectivity index is 1.92. The van der Waals surface area contributed by atoms with E-state index >= 15 is 0 Å². The molecule has 0 aliphatic carbocycles. The third-order valence-corrected chi connectivity index (χ3v) is 6.70. The molecule has 4 aromatic rings. The van der Waals surface area contributed by atoms with Crippen LogP contribution in [0.1, 0.15) is 25.1 Å². The largest absolute Gasteiger partial charge is 0.870 e. The smallest absolute Gasteiger partial charge is 0.335 e. The summed E-state index contributed by atoms with van der Waals surface area (Å²) in [5.74, 6) is -1.64. The minimum Gasteiger partial charge on any atom is -0.870 e. The standard InChI is InChI=1S/C30H27N3O4/c1-4-32-24-19-13-12-18-23(24)30(29(32)36,20(3)28(35)37-5-2)27-26(34)25(21-14-8-6-9-15-21)31-33(27)22-16-10-7-11-17-22/h6-19,34H,3-5H2,1-2H3/p-1. The van der Waals surface area contributed by atoms with Crippen LogP contribution in [0.3, 0.4) is 0 Å². The van der Waals surface area contributed by atoms with E-state index in [0.29, 0.717) is 29.0 Å². The number of likely N-dealkylation sites (N-methyl/N-ethyl adjacent to an activating group) is 1. The van der Waals surface area contributed by atoms with Crippen molar-refractivity contribution in [1.82, 2.24) is 9.78 Å². The van der Waals surface area contributed by atoms with Crippen LogP contribution in [0, 0.1) is 0 Å². The molecule has 186 valence electrons. The van der Waals surface area contributed by atoms with E-state index in [1.54, 1.807) is 48.2 Å². The van der Waals surface area contributed by atoms with Crippen LogP contribution >= 0.6 is 0 Å². The lowest BCUT2D eigenvalue weighted by Gasteiger charge is -2.33. The molecule has 1 atom stereocenters. The highest BCUT2D eigenvalue weighted by molar-refractivity contribution is 6.17. The SMILES string of the molecule is C=C(C(=O)OCC)C1(c2c([O-])c(-c3ccccc3)nn2-c2ccccc2)C(=O)N(CC)c2ccccc21. The quantitative estimate of drug-likeness (QED) is 0.282. The Morgan fingerprint density at radius 3 is 2.24 bits per heavy atom. The second-order valence-electron chi connectivity index (χ2n) is 8.66. The highest BCUT2D eigenvalue weighted by atomic mass is 16.5. The lowest BCUT2D eigenvalue weighted by atomic mass is 9.72. The van der Waals surface area contributed by atoms with Crippen LogP contribution in [-0.4, -0.2) is 34.8 Å². The summed E-state index contributed by atoms with van der Waals surface area (Å²) >= 11 is 0. The molecule has 0 spiro atoms. The second-order valence-corrected chi connectivity index (χ2v) is 8.66. The first-order valence-corrected chi connectivity index (χ1v) is 12.2. The molecule has 1 aromatic heterocycles. The minimum atomic E-state index is -1.83. The molecule has 7 heteroatoms. The summed E-state index contributed by atoms with van der Waals surface area (Å²) in [5, 5.41) is 19.1. The van der Waals surface area contributed by atoms with E-state index in [0.717, 1.165) is 0 Å². The van der Waals surface area contributed by atoms with Crippen LogP contribution in [0.25, 0.3) is 16.9 Å². The Morgan fingerprint density at radius 2 is 1.59 bits per heavy atom. The van der Waals surface area contributed by atoms with Gasteiger partial charge in [0.05, 0.1) is 29.3 Å². The number of benzene rings is 3. The molecule has 3 aromatic carbocycles. The molecule has 1 unspecified atom stereocenters. The predicted octanol–water partition coefficient (Wildman–Crippen LogP) is 4.38. The van der Waals surface area contributed by atoms with E-state index in [-0.39, 0.29) is 23.6 Å². The van der Waals surface area contributed by atoms with Crippen LogP contribution < -0.4 is 10.0 Å². The van der Waals surface area contributed by atoms with Crippen molar-refractivity contribution >= 4 is 17.6 Å². The first-order valence-electron chi connectivity index (χ1n) is 12.2. The topological polar surface area (TPSA) is 87.5 Å². The first kappa shape index (κ1) is 24.1. The fraction of sp³-hybridized carbons (Fsp3) is 0.167. The van der Waals surface area contributed by atoms with Gasteiger partial charge in [0.2, 0.25) is 5.91 Å². The maximum Gasteiger partial charge on any atom is 0.335 e. The fourth-order valence-electron chi connectivity index (χ4n) is 5.08. The van der Waals surface area contributed by atoms with Gasteiger partial charge in [-0.2, -0.15) is 5.10 Å². The number of fused-ring (bicyclic) bond motifs is 1. The van der Waals surface area contributed by atoms with Gasteiger partial charge < -0.3 is 14.7 Å². The predicted molar refractivity (Wildman–Crippen MR) is 139 cm³/mol. The van der Waals surface area contributed by atoms with Crippen molar-refractivity contribution in [2.45, 2.75) is 19.3 Å². The van der Waals surface area contributed by atoms with Crippen LogP contribution in [0.15, 0.2) is 97.1 Å². The van der Waals surface area contributed by atoms with E-state index in [4.69, 9.17) is 9.84 Å². The second kappa shape index (κ2) is 9.43. The molecule has 0 saturated heterocycles. The average Bonchev–Trinajstić information content (AvgIpc) is 3.40. The van der Waals surface area contributed by atoms with Gasteiger partial charge >= 0.3 is 5.97 Å². The third kappa shape index (κ3) is 3.54. The van der Waals surface area contributed by atoms with Gasteiger partial charge in [-0.05, 0) is 32.0 Å². The highest BCUT2D eigenvalue weighted by Crippen LogP contribution is 2.53. The van der Waals surface area contributed by atoms with Crippen LogP contribution in [-0.2, 0) is 19.7 Å². The highest BCUT2D eigenvalue weighted by Gasteiger charge is 2.58. The number of carbonyl (C=O) groups is 2. The van der Waals surface area contributed by atoms with Crippen molar-refractivity contribution in [2.24, 2.45) is 0 Å². The van der Waals surface area contributed by atoms with Gasteiger partial charge in [0, 0.05) is 23.4 Å². The summed E-state index contributed by atoms with van der Waals surface area (Å²) in [6.45, 7) is 8.04. The molecule has 0 radical (unpaired) electrons. The molecule has 0 fully saturated rings. The van der Waals surface area contributed by atoms with Gasteiger partial charge in [0.25, 0.3) is 0 Å². The summed E-state index contributed by atoms with van der Waals surface area (Å²) in [5.41, 5.74) is 0.539. The number of amides is 1. The molecule has 2 heterocycles. The summed E-state index contributed by atoms with van der Waals surface area (Å²) in [4.78, 5) is 29.3. The molecular weight excluding hydrogens is 466 g/mol. The van der Waals surface area contributed by atoms with Crippen molar-refractivity contribution < 1.29 is 19.4 Å². The van der Waals surface area contributed by atoms with E-state index in [9.17, 15) is 14.7 Å². The Hall–Kier alpha value is -4.65.